The quantitative estimate of drug-likeness (QED) is 0.412. The minimum atomic E-state index is -0.675. The number of halogens is 1. The van der Waals surface area contributed by atoms with E-state index in [-0.39, 0.29) is 50.5 Å². The number of pyridine rings is 1. The van der Waals surface area contributed by atoms with E-state index in [9.17, 15) is 19.8 Å². The highest BCUT2D eigenvalue weighted by atomic mass is 35.5. The Labute approximate surface area is 223 Å². The third kappa shape index (κ3) is 4.32. The number of thiophene rings is 1. The highest BCUT2D eigenvalue weighted by Crippen LogP contribution is 2.45. The third-order valence-electron chi connectivity index (χ3n) is 7.89. The molecule has 194 valence electrons. The smallest absolute Gasteiger partial charge is 0.230 e. The van der Waals surface area contributed by atoms with Crippen LogP contribution in [0.25, 0.3) is 21.3 Å². The van der Waals surface area contributed by atoms with Gasteiger partial charge in [0.15, 0.2) is 0 Å². The Morgan fingerprint density at radius 3 is 2.62 bits per heavy atom. The van der Waals surface area contributed by atoms with Gasteiger partial charge in [0.2, 0.25) is 11.8 Å². The molecule has 5 heterocycles. The molecule has 1 aromatic carbocycles. The molecule has 3 aromatic rings. The van der Waals surface area contributed by atoms with E-state index in [1.165, 1.54) is 10.5 Å². The molecule has 2 amide bonds. The number of imide groups is 1. The number of nitrogens with one attached hydrogen (secondary N) is 1. The average Bonchev–Trinajstić information content (AvgIpc) is 3.61. The molecule has 2 saturated heterocycles. The van der Waals surface area contributed by atoms with Crippen molar-refractivity contribution in [3.8, 4) is 11.1 Å². The SMILES string of the molecule is O=C1CCC(=O)N1Cc1cc2nccc(-c3cc(Cl)cc4c3N(C3CNC(CO)(CO)C3)CCC4)c2s1. The van der Waals surface area contributed by atoms with Crippen molar-refractivity contribution in [1.82, 2.24) is 15.2 Å². The number of amides is 2. The van der Waals surface area contributed by atoms with Gasteiger partial charge in [-0.3, -0.25) is 19.5 Å². The molecular weight excluding hydrogens is 512 g/mol. The molecular formula is C27H29ClN4O4S. The lowest BCUT2D eigenvalue weighted by Gasteiger charge is -2.38. The highest BCUT2D eigenvalue weighted by molar-refractivity contribution is 7.19. The molecule has 0 spiro atoms. The second-order valence-electron chi connectivity index (χ2n) is 10.3. The summed E-state index contributed by atoms with van der Waals surface area (Å²) in [6.07, 6.45) is 4.92. The zero-order valence-corrected chi connectivity index (χ0v) is 21.9. The topological polar surface area (TPSA) is 106 Å². The molecule has 0 aliphatic carbocycles. The van der Waals surface area contributed by atoms with Crippen molar-refractivity contribution in [3.05, 3.63) is 45.9 Å². The first-order chi connectivity index (χ1) is 17.9. The fourth-order valence-corrected chi connectivity index (χ4v) is 7.35. The van der Waals surface area contributed by atoms with E-state index < -0.39 is 5.54 Å². The number of anilines is 1. The van der Waals surface area contributed by atoms with Gasteiger partial charge in [-0.2, -0.15) is 0 Å². The summed E-state index contributed by atoms with van der Waals surface area (Å²) in [4.78, 5) is 33.6. The Bertz CT molecular complexity index is 1370. The monoisotopic (exact) mass is 540 g/mol. The minimum Gasteiger partial charge on any atom is -0.394 e. The molecule has 3 aliphatic heterocycles. The maximum Gasteiger partial charge on any atom is 0.230 e. The lowest BCUT2D eigenvalue weighted by Crippen LogP contribution is -2.47. The number of benzene rings is 1. The largest absolute Gasteiger partial charge is 0.394 e. The normalized spacial score (nSPS) is 21.3. The molecule has 1 unspecified atom stereocenters. The Morgan fingerprint density at radius 2 is 1.89 bits per heavy atom. The van der Waals surface area contributed by atoms with Crippen molar-refractivity contribution in [3.63, 3.8) is 0 Å². The van der Waals surface area contributed by atoms with Crippen LogP contribution in [0.4, 0.5) is 5.69 Å². The van der Waals surface area contributed by atoms with Crippen LogP contribution in [0.5, 0.6) is 0 Å². The van der Waals surface area contributed by atoms with Gasteiger partial charge in [0.05, 0.1) is 35.5 Å². The molecule has 2 aromatic heterocycles. The van der Waals surface area contributed by atoms with E-state index >= 15 is 0 Å². The molecule has 8 nitrogen and oxygen atoms in total. The molecule has 0 saturated carbocycles. The van der Waals surface area contributed by atoms with Gasteiger partial charge in [0, 0.05) is 64.9 Å². The van der Waals surface area contributed by atoms with Crippen LogP contribution in [0, 0.1) is 0 Å². The standard InChI is InChI=1S/C27H29ClN4O4S/c28-17-8-16-2-1-7-31(18-11-27(14-33,15-34)30-12-18)25(16)21(9-17)20-5-6-29-22-10-19(37-26(20)22)13-32-23(35)3-4-24(32)36/h5-6,8-10,18,30,33-34H,1-4,7,11-15H2. The second-order valence-corrected chi connectivity index (χ2v) is 11.8. The number of aromatic nitrogens is 1. The first-order valence-corrected chi connectivity index (χ1v) is 13.9. The van der Waals surface area contributed by atoms with Crippen LogP contribution < -0.4 is 10.2 Å². The van der Waals surface area contributed by atoms with Crippen LogP contribution in [-0.4, -0.2) is 69.8 Å². The number of carbonyl (C=O) groups excluding carboxylic acids is 2. The van der Waals surface area contributed by atoms with Gasteiger partial charge in [-0.15, -0.1) is 11.3 Å². The van der Waals surface area contributed by atoms with Crippen LogP contribution >= 0.6 is 22.9 Å². The minimum absolute atomic E-state index is 0.112. The van der Waals surface area contributed by atoms with Gasteiger partial charge in [0.1, 0.15) is 0 Å². The van der Waals surface area contributed by atoms with E-state index in [1.807, 2.05) is 24.3 Å². The fourth-order valence-electron chi connectivity index (χ4n) is 5.98. The summed E-state index contributed by atoms with van der Waals surface area (Å²) in [5, 5.41) is 23.9. The molecule has 3 aliphatic rings. The highest BCUT2D eigenvalue weighted by Gasteiger charge is 2.41. The van der Waals surface area contributed by atoms with Crippen LogP contribution in [-0.2, 0) is 22.6 Å². The van der Waals surface area contributed by atoms with Gasteiger partial charge in [-0.25, -0.2) is 0 Å². The lowest BCUT2D eigenvalue weighted by atomic mass is 9.91. The number of aliphatic hydroxyl groups excluding tert-OH is 2. The fraction of sp³-hybridized carbons (Fsp3) is 0.444. The number of hydrogen-bond donors (Lipinski definition) is 3. The third-order valence-corrected chi connectivity index (χ3v) is 9.25. The number of carbonyl (C=O) groups is 2. The molecule has 1 atom stereocenters. The van der Waals surface area contributed by atoms with Crippen molar-refractivity contribution in [2.75, 3.05) is 31.2 Å². The van der Waals surface area contributed by atoms with Gasteiger partial charge < -0.3 is 20.4 Å². The van der Waals surface area contributed by atoms with E-state index in [4.69, 9.17) is 11.6 Å². The first-order valence-electron chi connectivity index (χ1n) is 12.7. The molecule has 0 radical (unpaired) electrons. The Hall–Kier alpha value is -2.56. The molecule has 6 rings (SSSR count). The summed E-state index contributed by atoms with van der Waals surface area (Å²) in [5.41, 5.74) is 4.53. The summed E-state index contributed by atoms with van der Waals surface area (Å²) in [7, 11) is 0. The van der Waals surface area contributed by atoms with Crippen molar-refractivity contribution < 1.29 is 19.8 Å². The average molecular weight is 541 g/mol. The van der Waals surface area contributed by atoms with E-state index in [0.29, 0.717) is 18.0 Å². The van der Waals surface area contributed by atoms with Crippen molar-refractivity contribution in [2.45, 2.75) is 50.2 Å². The van der Waals surface area contributed by atoms with Crippen molar-refractivity contribution in [1.29, 1.82) is 0 Å². The van der Waals surface area contributed by atoms with Crippen LogP contribution in [0.15, 0.2) is 30.5 Å². The zero-order chi connectivity index (χ0) is 25.7. The zero-order valence-electron chi connectivity index (χ0n) is 20.4. The van der Waals surface area contributed by atoms with E-state index in [0.717, 1.165) is 51.3 Å². The van der Waals surface area contributed by atoms with E-state index in [1.54, 1.807) is 17.5 Å². The number of aryl methyl sites for hydroxylation is 1. The van der Waals surface area contributed by atoms with Crippen LogP contribution in [0.1, 0.15) is 36.1 Å². The summed E-state index contributed by atoms with van der Waals surface area (Å²) in [6.45, 7) is 1.60. The first kappa shape index (κ1) is 24.8. The van der Waals surface area contributed by atoms with Crippen LogP contribution in [0.2, 0.25) is 5.02 Å². The Kier molecular flexibility index (Phi) is 6.45. The number of hydrogen-bond acceptors (Lipinski definition) is 8. The van der Waals surface area contributed by atoms with E-state index in [2.05, 4.69) is 15.2 Å². The molecule has 3 N–H and O–H groups in total. The predicted octanol–water partition coefficient (Wildman–Crippen LogP) is 3.10. The molecule has 2 fully saturated rings. The number of nitrogens with zero attached hydrogens (tertiary/aromatic N) is 3. The molecule has 37 heavy (non-hydrogen) atoms. The predicted molar refractivity (Wildman–Crippen MR) is 144 cm³/mol. The summed E-state index contributed by atoms with van der Waals surface area (Å²) in [5.74, 6) is -0.246. The van der Waals surface area contributed by atoms with Crippen molar-refractivity contribution in [2.24, 2.45) is 0 Å². The molecule has 0 bridgehead atoms. The Balaban J connectivity index is 1.42. The lowest BCUT2D eigenvalue weighted by molar-refractivity contribution is -0.138. The van der Waals surface area contributed by atoms with Gasteiger partial charge in [-0.1, -0.05) is 11.6 Å². The maximum absolute atomic E-state index is 12.2. The number of rotatable bonds is 6. The number of aliphatic hydroxyl groups is 2. The maximum atomic E-state index is 12.2. The van der Waals surface area contributed by atoms with Gasteiger partial charge >= 0.3 is 0 Å². The summed E-state index contributed by atoms with van der Waals surface area (Å²) >= 11 is 8.20. The van der Waals surface area contributed by atoms with Crippen LogP contribution in [0.3, 0.4) is 0 Å². The van der Waals surface area contributed by atoms with Gasteiger partial charge in [-0.05, 0) is 49.1 Å². The number of fused-ring (bicyclic) bond motifs is 2. The Morgan fingerprint density at radius 1 is 1.11 bits per heavy atom. The number of likely N-dealkylation sites (tertiary alicyclic amines) is 1. The summed E-state index contributed by atoms with van der Waals surface area (Å²) < 4.78 is 0.996. The molecule has 10 heteroatoms. The second kappa shape index (κ2) is 9.63. The van der Waals surface area contributed by atoms with Crippen molar-refractivity contribution >= 4 is 50.7 Å². The van der Waals surface area contributed by atoms with Gasteiger partial charge in [0.25, 0.3) is 0 Å². The summed E-state index contributed by atoms with van der Waals surface area (Å²) in [6, 6.07) is 8.15.